The van der Waals surface area contributed by atoms with E-state index in [0.717, 1.165) is 24.6 Å². The predicted octanol–water partition coefficient (Wildman–Crippen LogP) is -0.514. The van der Waals surface area contributed by atoms with Crippen LogP contribution in [-0.4, -0.2) is 34.6 Å². The summed E-state index contributed by atoms with van der Waals surface area (Å²) in [4.78, 5) is 12.2. The highest BCUT2D eigenvalue weighted by Gasteiger charge is 2.53. The van der Waals surface area contributed by atoms with E-state index in [1.807, 2.05) is 0 Å². The molecule has 1 aromatic heterocycles. The van der Waals surface area contributed by atoms with E-state index in [0.29, 0.717) is 22.8 Å². The summed E-state index contributed by atoms with van der Waals surface area (Å²) >= 11 is 1.14. The molecule has 14 heavy (non-hydrogen) atoms. The van der Waals surface area contributed by atoms with E-state index < -0.39 is 0 Å². The van der Waals surface area contributed by atoms with E-state index in [9.17, 15) is 4.79 Å². The Morgan fingerprint density at radius 1 is 1.57 bits per heavy atom. The van der Waals surface area contributed by atoms with E-state index in [2.05, 4.69) is 20.2 Å². The van der Waals surface area contributed by atoms with Crippen LogP contribution in [0.1, 0.15) is 9.67 Å². The fourth-order valence-electron chi connectivity index (χ4n) is 2.12. The number of hydrogen-bond donors (Lipinski definition) is 2. The van der Waals surface area contributed by atoms with Crippen molar-refractivity contribution in [3.8, 4) is 0 Å². The Balaban J connectivity index is 1.61. The molecule has 5 nitrogen and oxygen atoms in total. The van der Waals surface area contributed by atoms with Gasteiger partial charge in [-0.1, -0.05) is 4.49 Å². The minimum Gasteiger partial charge on any atom is -0.348 e. The summed E-state index contributed by atoms with van der Waals surface area (Å²) in [6.45, 7) is 2.08. The van der Waals surface area contributed by atoms with Crippen molar-refractivity contribution in [1.29, 1.82) is 0 Å². The summed E-state index contributed by atoms with van der Waals surface area (Å²) in [5, 5.41) is 9.93. The first-order valence-corrected chi connectivity index (χ1v) is 5.42. The lowest BCUT2D eigenvalue weighted by molar-refractivity contribution is 0.0950. The van der Waals surface area contributed by atoms with Crippen molar-refractivity contribution in [3.63, 3.8) is 0 Å². The van der Waals surface area contributed by atoms with Crippen LogP contribution in [0.25, 0.3) is 0 Å². The third kappa shape index (κ3) is 1.22. The van der Waals surface area contributed by atoms with Crippen LogP contribution >= 0.6 is 11.5 Å². The third-order valence-corrected chi connectivity index (χ3v) is 3.64. The highest BCUT2D eigenvalue weighted by atomic mass is 32.1. The molecule has 1 saturated carbocycles. The largest absolute Gasteiger partial charge is 0.348 e. The predicted molar refractivity (Wildman–Crippen MR) is 51.0 cm³/mol. The van der Waals surface area contributed by atoms with Crippen molar-refractivity contribution in [2.75, 3.05) is 13.1 Å². The molecule has 2 aliphatic rings. The summed E-state index contributed by atoms with van der Waals surface area (Å²) in [6, 6.07) is 0.380. The molecule has 2 N–H and O–H groups in total. The molecule has 1 aliphatic carbocycles. The van der Waals surface area contributed by atoms with E-state index in [1.165, 1.54) is 6.20 Å². The number of amides is 1. The highest BCUT2D eigenvalue weighted by molar-refractivity contribution is 7.07. The standard InChI is InChI=1S/C8H10N4OS/c13-8(6-3-10-12-14-6)11-7-4-1-9-2-5(4)7/h3-5,7,9H,1-2H2,(H,11,13). The molecule has 1 saturated heterocycles. The van der Waals surface area contributed by atoms with E-state index in [-0.39, 0.29) is 5.91 Å². The van der Waals surface area contributed by atoms with Crippen LogP contribution in [-0.2, 0) is 0 Å². The van der Waals surface area contributed by atoms with Crippen molar-refractivity contribution in [2.24, 2.45) is 11.8 Å². The molecule has 2 heterocycles. The van der Waals surface area contributed by atoms with E-state index in [1.54, 1.807) is 0 Å². The van der Waals surface area contributed by atoms with Gasteiger partial charge >= 0.3 is 0 Å². The Bertz CT molecular complexity index is 342. The van der Waals surface area contributed by atoms with Crippen LogP contribution in [0.15, 0.2) is 6.20 Å². The molecule has 0 radical (unpaired) electrons. The second-order valence-electron chi connectivity index (χ2n) is 3.77. The van der Waals surface area contributed by atoms with Crippen LogP contribution in [0.5, 0.6) is 0 Å². The Morgan fingerprint density at radius 2 is 2.36 bits per heavy atom. The second-order valence-corrected chi connectivity index (χ2v) is 4.55. The summed E-state index contributed by atoms with van der Waals surface area (Å²) in [5.41, 5.74) is 0. The van der Waals surface area contributed by atoms with Crippen molar-refractivity contribution in [1.82, 2.24) is 20.2 Å². The van der Waals surface area contributed by atoms with Crippen LogP contribution in [0.3, 0.4) is 0 Å². The minimum atomic E-state index is -0.0283. The maximum absolute atomic E-state index is 11.6. The first kappa shape index (κ1) is 8.31. The van der Waals surface area contributed by atoms with Gasteiger partial charge in [0.05, 0.1) is 6.20 Å². The summed E-state index contributed by atoms with van der Waals surface area (Å²) in [6.07, 6.45) is 1.51. The van der Waals surface area contributed by atoms with E-state index >= 15 is 0 Å². The van der Waals surface area contributed by atoms with Crippen LogP contribution in [0.2, 0.25) is 0 Å². The topological polar surface area (TPSA) is 66.9 Å². The van der Waals surface area contributed by atoms with Gasteiger partial charge in [0.1, 0.15) is 4.88 Å². The zero-order chi connectivity index (χ0) is 9.54. The molecule has 3 rings (SSSR count). The smallest absolute Gasteiger partial charge is 0.264 e. The third-order valence-electron chi connectivity index (χ3n) is 2.97. The molecule has 0 spiro atoms. The lowest BCUT2D eigenvalue weighted by atomic mass is 10.4. The molecule has 2 atom stereocenters. The molecular formula is C8H10N4OS. The molecular weight excluding hydrogens is 200 g/mol. The van der Waals surface area contributed by atoms with Crippen molar-refractivity contribution in [2.45, 2.75) is 6.04 Å². The Morgan fingerprint density at radius 3 is 3.00 bits per heavy atom. The number of carbonyl (C=O) groups is 1. The number of carbonyl (C=O) groups excluding carboxylic acids is 1. The monoisotopic (exact) mass is 210 g/mol. The Labute approximate surface area is 85.1 Å². The number of rotatable bonds is 2. The molecule has 6 heteroatoms. The molecule has 0 aromatic carbocycles. The van der Waals surface area contributed by atoms with Gasteiger partial charge in [-0.05, 0) is 23.4 Å². The van der Waals surface area contributed by atoms with Gasteiger partial charge < -0.3 is 10.6 Å². The number of fused-ring (bicyclic) bond motifs is 1. The first-order chi connectivity index (χ1) is 6.86. The summed E-state index contributed by atoms with van der Waals surface area (Å²) in [7, 11) is 0. The molecule has 1 amide bonds. The van der Waals surface area contributed by atoms with Crippen LogP contribution < -0.4 is 10.6 Å². The van der Waals surface area contributed by atoms with Gasteiger partial charge in [0.2, 0.25) is 0 Å². The molecule has 1 aliphatic heterocycles. The fraction of sp³-hybridized carbons (Fsp3) is 0.625. The van der Waals surface area contributed by atoms with Gasteiger partial charge in [-0.15, -0.1) is 5.10 Å². The van der Waals surface area contributed by atoms with Crippen molar-refractivity contribution < 1.29 is 4.79 Å². The van der Waals surface area contributed by atoms with Crippen LogP contribution in [0, 0.1) is 11.8 Å². The maximum atomic E-state index is 11.6. The zero-order valence-corrected chi connectivity index (χ0v) is 8.25. The second kappa shape index (κ2) is 2.99. The summed E-state index contributed by atoms with van der Waals surface area (Å²) in [5.74, 6) is 1.28. The van der Waals surface area contributed by atoms with Gasteiger partial charge in [0.15, 0.2) is 0 Å². The molecule has 0 bridgehead atoms. The zero-order valence-electron chi connectivity index (χ0n) is 7.43. The normalized spacial score (nSPS) is 33.9. The number of hydrogen-bond acceptors (Lipinski definition) is 5. The lowest BCUT2D eigenvalue weighted by Gasteiger charge is -2.05. The SMILES string of the molecule is O=C(NC1C2CNCC21)c1cnns1. The molecule has 2 fully saturated rings. The quantitative estimate of drug-likeness (QED) is 0.689. The number of nitrogens with zero attached hydrogens (tertiary/aromatic N) is 2. The summed E-state index contributed by atoms with van der Waals surface area (Å²) < 4.78 is 3.66. The van der Waals surface area contributed by atoms with E-state index in [4.69, 9.17) is 0 Å². The van der Waals surface area contributed by atoms with Gasteiger partial charge in [0, 0.05) is 19.1 Å². The lowest BCUT2D eigenvalue weighted by Crippen LogP contribution is -2.32. The Kier molecular flexibility index (Phi) is 1.78. The van der Waals surface area contributed by atoms with Gasteiger partial charge in [-0.25, -0.2) is 0 Å². The Hall–Kier alpha value is -1.01. The maximum Gasteiger partial charge on any atom is 0.264 e. The highest BCUT2D eigenvalue weighted by Crippen LogP contribution is 2.41. The fourth-order valence-corrected chi connectivity index (χ4v) is 2.54. The van der Waals surface area contributed by atoms with Crippen LogP contribution in [0.4, 0.5) is 0 Å². The molecule has 74 valence electrons. The average Bonchev–Trinajstić information content (AvgIpc) is 2.75. The van der Waals surface area contributed by atoms with Crippen molar-refractivity contribution >= 4 is 17.4 Å². The number of piperidine rings is 1. The van der Waals surface area contributed by atoms with Gasteiger partial charge in [0.25, 0.3) is 5.91 Å². The molecule has 2 unspecified atom stereocenters. The minimum absolute atomic E-state index is 0.0283. The van der Waals surface area contributed by atoms with Crippen molar-refractivity contribution in [3.05, 3.63) is 11.1 Å². The number of aromatic nitrogens is 2. The first-order valence-electron chi connectivity index (χ1n) is 4.65. The van der Waals surface area contributed by atoms with Gasteiger partial charge in [-0.3, -0.25) is 4.79 Å². The molecule has 1 aromatic rings. The number of nitrogens with one attached hydrogen (secondary N) is 2. The average molecular weight is 210 g/mol. The van der Waals surface area contributed by atoms with Gasteiger partial charge in [-0.2, -0.15) is 0 Å².